The van der Waals surface area contributed by atoms with E-state index in [9.17, 15) is 9.59 Å². The van der Waals surface area contributed by atoms with Crippen molar-refractivity contribution in [3.05, 3.63) is 59.7 Å². The van der Waals surface area contributed by atoms with E-state index in [4.69, 9.17) is 0 Å². The van der Waals surface area contributed by atoms with Crippen molar-refractivity contribution in [3.8, 4) is 0 Å². The Kier molecular flexibility index (Phi) is 6.42. The third-order valence-electron chi connectivity index (χ3n) is 3.61. The fourth-order valence-corrected chi connectivity index (χ4v) is 2.18. The van der Waals surface area contributed by atoms with Gasteiger partial charge in [0.05, 0.1) is 0 Å². The van der Waals surface area contributed by atoms with E-state index in [-0.39, 0.29) is 17.5 Å². The number of amides is 2. The van der Waals surface area contributed by atoms with E-state index in [2.05, 4.69) is 22.2 Å². The number of pyridine rings is 2. The summed E-state index contributed by atoms with van der Waals surface area (Å²) in [6.07, 6.45) is 6.83. The number of hydrogen-bond donors (Lipinski definition) is 1. The maximum Gasteiger partial charge on any atom is 0.270 e. The number of rotatable bonds is 7. The van der Waals surface area contributed by atoms with E-state index in [0.717, 1.165) is 18.4 Å². The van der Waals surface area contributed by atoms with E-state index in [1.54, 1.807) is 30.4 Å². The van der Waals surface area contributed by atoms with Crippen molar-refractivity contribution in [3.63, 3.8) is 0 Å². The predicted molar refractivity (Wildman–Crippen MR) is 91.5 cm³/mol. The molecule has 0 spiro atoms. The van der Waals surface area contributed by atoms with Crippen LogP contribution >= 0.6 is 0 Å². The zero-order chi connectivity index (χ0) is 17.4. The lowest BCUT2D eigenvalue weighted by molar-refractivity contribution is 0.0793. The van der Waals surface area contributed by atoms with Gasteiger partial charge in [0, 0.05) is 44.3 Å². The van der Waals surface area contributed by atoms with Crippen LogP contribution in [-0.4, -0.2) is 40.3 Å². The van der Waals surface area contributed by atoms with Crippen LogP contribution in [0.2, 0.25) is 0 Å². The normalized spacial score (nSPS) is 10.2. The summed E-state index contributed by atoms with van der Waals surface area (Å²) in [5.41, 5.74) is 1.60. The molecule has 0 aromatic carbocycles. The minimum absolute atomic E-state index is 0.104. The van der Waals surface area contributed by atoms with Gasteiger partial charge in [-0.3, -0.25) is 19.6 Å². The number of unbranched alkanes of at least 4 members (excludes halogenated alkanes) is 1. The molecule has 0 unspecified atom stereocenters. The molecule has 0 saturated carbocycles. The van der Waals surface area contributed by atoms with Crippen LogP contribution in [0.15, 0.2) is 42.9 Å². The van der Waals surface area contributed by atoms with E-state index < -0.39 is 0 Å². The predicted octanol–water partition coefficient (Wildman–Crippen LogP) is 2.28. The maximum absolute atomic E-state index is 12.4. The summed E-state index contributed by atoms with van der Waals surface area (Å²) in [4.78, 5) is 34.3. The van der Waals surface area contributed by atoms with Gasteiger partial charge in [0.2, 0.25) is 0 Å². The number of carbonyl (C=O) groups excluding carboxylic acids is 2. The Labute approximate surface area is 141 Å². The summed E-state index contributed by atoms with van der Waals surface area (Å²) in [7, 11) is 1.76. The minimum atomic E-state index is -0.315. The van der Waals surface area contributed by atoms with Crippen molar-refractivity contribution in [2.24, 2.45) is 0 Å². The standard InChI is InChI=1S/C18H22N4O2/c1-3-4-10-22(2)18(24)15-7-9-20-16(11-15)17(23)21-13-14-6-5-8-19-12-14/h5-9,11-12H,3-4,10,13H2,1-2H3,(H,21,23). The van der Waals surface area contributed by atoms with Crippen LogP contribution in [0.5, 0.6) is 0 Å². The third kappa shape index (κ3) is 4.87. The highest BCUT2D eigenvalue weighted by atomic mass is 16.2. The van der Waals surface area contributed by atoms with Crippen molar-refractivity contribution < 1.29 is 9.59 Å². The van der Waals surface area contributed by atoms with Gasteiger partial charge in [-0.05, 0) is 30.2 Å². The molecule has 0 fully saturated rings. The van der Waals surface area contributed by atoms with Crippen molar-refractivity contribution in [1.29, 1.82) is 0 Å². The Balaban J connectivity index is 2.01. The third-order valence-corrected chi connectivity index (χ3v) is 3.61. The van der Waals surface area contributed by atoms with E-state index >= 15 is 0 Å². The lowest BCUT2D eigenvalue weighted by atomic mass is 10.2. The fraction of sp³-hybridized carbons (Fsp3) is 0.333. The molecule has 2 aromatic heterocycles. The summed E-state index contributed by atoms with van der Waals surface area (Å²) in [6.45, 7) is 3.14. The first kappa shape index (κ1) is 17.6. The molecular formula is C18H22N4O2. The second-order valence-corrected chi connectivity index (χ2v) is 5.55. The largest absolute Gasteiger partial charge is 0.347 e. The van der Waals surface area contributed by atoms with Gasteiger partial charge in [-0.25, -0.2) is 0 Å². The molecule has 6 heteroatoms. The average Bonchev–Trinajstić information content (AvgIpc) is 2.64. The van der Waals surface area contributed by atoms with E-state index in [0.29, 0.717) is 18.7 Å². The molecule has 0 aliphatic rings. The van der Waals surface area contributed by atoms with E-state index in [1.165, 1.54) is 12.3 Å². The lowest BCUT2D eigenvalue weighted by Gasteiger charge is -2.16. The number of aromatic nitrogens is 2. The van der Waals surface area contributed by atoms with Crippen molar-refractivity contribution >= 4 is 11.8 Å². The molecular weight excluding hydrogens is 304 g/mol. The molecule has 126 valence electrons. The SMILES string of the molecule is CCCCN(C)C(=O)c1ccnc(C(=O)NCc2cccnc2)c1. The summed E-state index contributed by atoms with van der Waals surface area (Å²) in [5.74, 6) is -0.420. The van der Waals surface area contributed by atoms with Crippen LogP contribution in [0.4, 0.5) is 0 Å². The monoisotopic (exact) mass is 326 g/mol. The van der Waals surface area contributed by atoms with Crippen LogP contribution < -0.4 is 5.32 Å². The van der Waals surface area contributed by atoms with Gasteiger partial charge in [-0.2, -0.15) is 0 Å². The molecule has 0 aliphatic carbocycles. The van der Waals surface area contributed by atoms with Gasteiger partial charge in [0.25, 0.3) is 11.8 Å². The van der Waals surface area contributed by atoms with Crippen molar-refractivity contribution in [1.82, 2.24) is 20.2 Å². The summed E-state index contributed by atoms with van der Waals surface area (Å²) in [6, 6.07) is 6.85. The zero-order valence-electron chi connectivity index (χ0n) is 14.0. The number of nitrogens with zero attached hydrogens (tertiary/aromatic N) is 3. The molecule has 0 saturated heterocycles. The Morgan fingerprint density at radius 1 is 1.25 bits per heavy atom. The second kappa shape index (κ2) is 8.76. The van der Waals surface area contributed by atoms with Crippen molar-refractivity contribution in [2.45, 2.75) is 26.3 Å². The number of hydrogen-bond acceptors (Lipinski definition) is 4. The first-order valence-electron chi connectivity index (χ1n) is 8.00. The molecule has 0 atom stereocenters. The smallest absolute Gasteiger partial charge is 0.270 e. The highest BCUT2D eigenvalue weighted by molar-refractivity contribution is 5.98. The molecule has 2 aromatic rings. The van der Waals surface area contributed by atoms with Crippen LogP contribution in [-0.2, 0) is 6.54 Å². The summed E-state index contributed by atoms with van der Waals surface area (Å²) < 4.78 is 0. The molecule has 1 N–H and O–H groups in total. The van der Waals surface area contributed by atoms with Gasteiger partial charge < -0.3 is 10.2 Å². The minimum Gasteiger partial charge on any atom is -0.347 e. The van der Waals surface area contributed by atoms with Crippen LogP contribution in [0.1, 0.15) is 46.2 Å². The highest BCUT2D eigenvalue weighted by Gasteiger charge is 2.14. The van der Waals surface area contributed by atoms with Gasteiger partial charge in [0.1, 0.15) is 5.69 Å². The highest BCUT2D eigenvalue weighted by Crippen LogP contribution is 2.07. The Bertz CT molecular complexity index is 688. The Morgan fingerprint density at radius 2 is 2.08 bits per heavy atom. The molecule has 2 rings (SSSR count). The van der Waals surface area contributed by atoms with Gasteiger partial charge in [-0.15, -0.1) is 0 Å². The summed E-state index contributed by atoms with van der Waals surface area (Å²) in [5, 5.41) is 2.78. The van der Waals surface area contributed by atoms with E-state index in [1.807, 2.05) is 12.1 Å². The topological polar surface area (TPSA) is 75.2 Å². The summed E-state index contributed by atoms with van der Waals surface area (Å²) >= 11 is 0. The molecule has 0 aliphatic heterocycles. The van der Waals surface area contributed by atoms with Crippen LogP contribution in [0, 0.1) is 0 Å². The number of carbonyl (C=O) groups is 2. The maximum atomic E-state index is 12.4. The lowest BCUT2D eigenvalue weighted by Crippen LogP contribution is -2.29. The van der Waals surface area contributed by atoms with Gasteiger partial charge in [-0.1, -0.05) is 19.4 Å². The number of nitrogens with one attached hydrogen (secondary N) is 1. The molecule has 2 amide bonds. The molecule has 24 heavy (non-hydrogen) atoms. The zero-order valence-corrected chi connectivity index (χ0v) is 14.0. The van der Waals surface area contributed by atoms with Crippen LogP contribution in [0.3, 0.4) is 0 Å². The van der Waals surface area contributed by atoms with Crippen LogP contribution in [0.25, 0.3) is 0 Å². The molecule has 2 heterocycles. The molecule has 0 bridgehead atoms. The molecule has 6 nitrogen and oxygen atoms in total. The first-order valence-corrected chi connectivity index (χ1v) is 8.00. The van der Waals surface area contributed by atoms with Crippen molar-refractivity contribution in [2.75, 3.05) is 13.6 Å². The first-order chi connectivity index (χ1) is 11.6. The second-order valence-electron chi connectivity index (χ2n) is 5.55. The van der Waals surface area contributed by atoms with Gasteiger partial charge >= 0.3 is 0 Å². The van der Waals surface area contributed by atoms with Gasteiger partial charge in [0.15, 0.2) is 0 Å². The average molecular weight is 326 g/mol. The Morgan fingerprint density at radius 3 is 2.79 bits per heavy atom. The molecule has 0 radical (unpaired) electrons. The Hall–Kier alpha value is -2.76. The fourth-order valence-electron chi connectivity index (χ4n) is 2.18. The quantitative estimate of drug-likeness (QED) is 0.847.